The molecule has 128 valence electrons. The van der Waals surface area contributed by atoms with Gasteiger partial charge in [0.1, 0.15) is 5.60 Å². The molecule has 0 spiro atoms. The Hall–Kier alpha value is -0.770. The van der Waals surface area contributed by atoms with Crippen LogP contribution in [0, 0.1) is 5.92 Å². The van der Waals surface area contributed by atoms with Crippen LogP contribution in [0.3, 0.4) is 0 Å². The highest BCUT2D eigenvalue weighted by Gasteiger charge is 2.29. The van der Waals surface area contributed by atoms with Crippen LogP contribution in [0.5, 0.6) is 0 Å². The van der Waals surface area contributed by atoms with Crippen molar-refractivity contribution in [3.05, 3.63) is 0 Å². The lowest BCUT2D eigenvalue weighted by molar-refractivity contribution is 0.0241. The Morgan fingerprint density at radius 3 is 2.59 bits per heavy atom. The zero-order valence-corrected chi connectivity index (χ0v) is 14.9. The third-order valence-electron chi connectivity index (χ3n) is 4.91. The van der Waals surface area contributed by atoms with Crippen LogP contribution in [0.1, 0.15) is 72.6 Å². The summed E-state index contributed by atoms with van der Waals surface area (Å²) >= 11 is 0. The molecule has 1 saturated heterocycles. The van der Waals surface area contributed by atoms with Crippen LogP contribution in [0.15, 0.2) is 0 Å². The Balaban J connectivity index is 1.86. The number of rotatable bonds is 3. The summed E-state index contributed by atoms with van der Waals surface area (Å²) in [7, 11) is 0. The quantitative estimate of drug-likeness (QED) is 0.858. The first-order valence-corrected chi connectivity index (χ1v) is 9.11. The molecule has 1 aliphatic heterocycles. The predicted molar refractivity (Wildman–Crippen MR) is 90.0 cm³/mol. The lowest BCUT2D eigenvalue weighted by Crippen LogP contribution is -2.46. The fourth-order valence-corrected chi connectivity index (χ4v) is 3.70. The molecule has 3 unspecified atom stereocenters. The van der Waals surface area contributed by atoms with Crippen LogP contribution < -0.4 is 5.32 Å². The summed E-state index contributed by atoms with van der Waals surface area (Å²) in [6, 6.07) is 1.07. The average molecular weight is 310 g/mol. The van der Waals surface area contributed by atoms with Crippen LogP contribution in [0.25, 0.3) is 0 Å². The molecule has 4 nitrogen and oxygen atoms in total. The monoisotopic (exact) mass is 310 g/mol. The Morgan fingerprint density at radius 2 is 1.95 bits per heavy atom. The Morgan fingerprint density at radius 1 is 1.18 bits per heavy atom. The summed E-state index contributed by atoms with van der Waals surface area (Å²) < 4.78 is 5.54. The van der Waals surface area contributed by atoms with E-state index in [0.29, 0.717) is 12.1 Å². The van der Waals surface area contributed by atoms with Gasteiger partial charge in [-0.05, 0) is 58.8 Å². The fraction of sp³-hybridized carbons (Fsp3) is 0.944. The molecule has 1 heterocycles. The number of nitrogens with one attached hydrogen (secondary N) is 1. The summed E-state index contributed by atoms with van der Waals surface area (Å²) in [6.45, 7) is 9.71. The molecule has 1 N–H and O–H groups in total. The van der Waals surface area contributed by atoms with E-state index in [1.165, 1.54) is 38.5 Å². The van der Waals surface area contributed by atoms with Crippen LogP contribution in [0.4, 0.5) is 4.79 Å². The van der Waals surface area contributed by atoms with Crippen LogP contribution in [-0.4, -0.2) is 41.8 Å². The Labute approximate surface area is 136 Å². The van der Waals surface area contributed by atoms with Crippen molar-refractivity contribution in [1.82, 2.24) is 10.2 Å². The SMILES string of the molecule is CCC1CCC(NC2CCCCN(C(=O)OC(C)(C)C)C2)C1. The van der Waals surface area contributed by atoms with Crippen molar-refractivity contribution in [3.63, 3.8) is 0 Å². The topological polar surface area (TPSA) is 41.6 Å². The van der Waals surface area contributed by atoms with Gasteiger partial charge in [0.2, 0.25) is 0 Å². The van der Waals surface area contributed by atoms with Gasteiger partial charge >= 0.3 is 6.09 Å². The largest absolute Gasteiger partial charge is 0.444 e. The molecule has 0 aromatic heterocycles. The Kier molecular flexibility index (Phi) is 6.13. The van der Waals surface area contributed by atoms with Crippen LogP contribution in [-0.2, 0) is 4.74 Å². The van der Waals surface area contributed by atoms with Crippen molar-refractivity contribution in [1.29, 1.82) is 0 Å². The normalized spacial score (nSPS) is 30.2. The maximum Gasteiger partial charge on any atom is 0.410 e. The fourth-order valence-electron chi connectivity index (χ4n) is 3.70. The van der Waals surface area contributed by atoms with Crippen molar-refractivity contribution in [2.45, 2.75) is 90.3 Å². The number of hydrogen-bond donors (Lipinski definition) is 1. The third-order valence-corrected chi connectivity index (χ3v) is 4.91. The second kappa shape index (κ2) is 7.67. The molecule has 3 atom stereocenters. The van der Waals surface area contributed by atoms with Gasteiger partial charge in [-0.15, -0.1) is 0 Å². The van der Waals surface area contributed by atoms with Gasteiger partial charge in [-0.3, -0.25) is 0 Å². The molecule has 22 heavy (non-hydrogen) atoms. The first-order valence-electron chi connectivity index (χ1n) is 9.11. The molecule has 0 radical (unpaired) electrons. The second-order valence-corrected chi connectivity index (χ2v) is 8.07. The zero-order chi connectivity index (χ0) is 16.2. The highest BCUT2D eigenvalue weighted by Crippen LogP contribution is 2.28. The van der Waals surface area contributed by atoms with Gasteiger partial charge in [0.25, 0.3) is 0 Å². The average Bonchev–Trinajstić information content (AvgIpc) is 2.74. The number of likely N-dealkylation sites (tertiary alicyclic amines) is 1. The van der Waals surface area contributed by atoms with E-state index in [1.807, 2.05) is 25.7 Å². The first-order chi connectivity index (χ1) is 10.4. The van der Waals surface area contributed by atoms with Crippen LogP contribution in [0.2, 0.25) is 0 Å². The summed E-state index contributed by atoms with van der Waals surface area (Å²) in [5.41, 5.74) is -0.411. The zero-order valence-electron chi connectivity index (χ0n) is 14.9. The summed E-state index contributed by atoms with van der Waals surface area (Å²) in [4.78, 5) is 14.2. The molecule has 2 aliphatic rings. The summed E-state index contributed by atoms with van der Waals surface area (Å²) in [5, 5.41) is 3.82. The molecule has 0 bridgehead atoms. The van der Waals surface area contributed by atoms with Crippen molar-refractivity contribution in [2.24, 2.45) is 5.92 Å². The van der Waals surface area contributed by atoms with Crippen LogP contribution >= 0.6 is 0 Å². The standard InChI is InChI=1S/C18H34N2O2/c1-5-14-9-10-15(12-14)19-16-8-6-7-11-20(13-16)17(21)22-18(2,3)4/h14-16,19H,5-13H2,1-4H3. The summed E-state index contributed by atoms with van der Waals surface area (Å²) in [5.74, 6) is 0.894. The van der Waals surface area contributed by atoms with E-state index in [9.17, 15) is 4.79 Å². The molecular weight excluding hydrogens is 276 g/mol. The number of ether oxygens (including phenoxy) is 1. The number of amides is 1. The van der Waals surface area contributed by atoms with Gasteiger partial charge in [-0.2, -0.15) is 0 Å². The molecule has 0 aromatic rings. The number of hydrogen-bond acceptors (Lipinski definition) is 3. The maximum atomic E-state index is 12.3. The minimum absolute atomic E-state index is 0.154. The molecule has 2 rings (SSSR count). The smallest absolute Gasteiger partial charge is 0.410 e. The summed E-state index contributed by atoms with van der Waals surface area (Å²) in [6.07, 6.45) is 8.55. The predicted octanol–water partition coefficient (Wildman–Crippen LogP) is 3.94. The maximum absolute atomic E-state index is 12.3. The molecule has 1 saturated carbocycles. The van der Waals surface area contributed by atoms with Gasteiger partial charge < -0.3 is 15.0 Å². The van der Waals surface area contributed by atoms with Crippen molar-refractivity contribution in [3.8, 4) is 0 Å². The molecule has 2 fully saturated rings. The molecule has 4 heteroatoms. The lowest BCUT2D eigenvalue weighted by Gasteiger charge is -2.29. The van der Waals surface area contributed by atoms with Gasteiger partial charge in [0.05, 0.1) is 0 Å². The lowest BCUT2D eigenvalue weighted by atomic mass is 10.0. The van der Waals surface area contributed by atoms with Gasteiger partial charge in [-0.25, -0.2) is 4.79 Å². The van der Waals surface area contributed by atoms with E-state index in [2.05, 4.69) is 12.2 Å². The number of carbonyl (C=O) groups excluding carboxylic acids is 1. The van der Waals surface area contributed by atoms with E-state index in [1.54, 1.807) is 0 Å². The minimum atomic E-state index is -0.411. The first kappa shape index (κ1) is 17.6. The third kappa shape index (κ3) is 5.45. The molecular formula is C18H34N2O2. The second-order valence-electron chi connectivity index (χ2n) is 8.07. The van der Waals surface area contributed by atoms with E-state index < -0.39 is 5.60 Å². The van der Waals surface area contributed by atoms with Crippen molar-refractivity contribution >= 4 is 6.09 Å². The van der Waals surface area contributed by atoms with Gasteiger partial charge in [-0.1, -0.05) is 19.8 Å². The van der Waals surface area contributed by atoms with E-state index in [-0.39, 0.29) is 6.09 Å². The Bertz CT molecular complexity index is 365. The van der Waals surface area contributed by atoms with Gasteiger partial charge in [0.15, 0.2) is 0 Å². The minimum Gasteiger partial charge on any atom is -0.444 e. The van der Waals surface area contributed by atoms with Crippen molar-refractivity contribution in [2.75, 3.05) is 13.1 Å². The number of nitrogens with zero attached hydrogens (tertiary/aromatic N) is 1. The number of carbonyl (C=O) groups is 1. The van der Waals surface area contributed by atoms with E-state index >= 15 is 0 Å². The van der Waals surface area contributed by atoms with Crippen molar-refractivity contribution < 1.29 is 9.53 Å². The van der Waals surface area contributed by atoms with E-state index in [4.69, 9.17) is 4.74 Å². The van der Waals surface area contributed by atoms with E-state index in [0.717, 1.165) is 25.4 Å². The highest BCUT2D eigenvalue weighted by molar-refractivity contribution is 5.68. The van der Waals surface area contributed by atoms with Gasteiger partial charge in [0, 0.05) is 25.2 Å². The molecule has 0 aromatic carbocycles. The molecule has 1 amide bonds. The highest BCUT2D eigenvalue weighted by atomic mass is 16.6. The molecule has 1 aliphatic carbocycles.